The van der Waals surface area contributed by atoms with Gasteiger partial charge in [0.25, 0.3) is 10.1 Å². The molecule has 10 heteroatoms. The van der Waals surface area contributed by atoms with Crippen LogP contribution in [0.4, 0.5) is 0 Å². The second-order valence-electron chi connectivity index (χ2n) is 7.33. The number of nitrogens with one attached hydrogen (secondary N) is 1. The summed E-state index contributed by atoms with van der Waals surface area (Å²) in [7, 11) is -6.56. The maximum absolute atomic E-state index is 12.4. The molecule has 0 aromatic carbocycles. The quantitative estimate of drug-likeness (QED) is 0.428. The summed E-state index contributed by atoms with van der Waals surface area (Å²) in [4.78, 5) is 13.5. The third-order valence-electron chi connectivity index (χ3n) is 5.97. The lowest BCUT2D eigenvalue weighted by atomic mass is 9.87. The van der Waals surface area contributed by atoms with Crippen molar-refractivity contribution in [3.63, 3.8) is 0 Å². The third-order valence-corrected chi connectivity index (χ3v) is 9.44. The Morgan fingerprint density at radius 2 is 1.83 bits per heavy atom. The Labute approximate surface area is 141 Å². The highest BCUT2D eigenvalue weighted by atomic mass is 32.2. The average Bonchev–Trinajstić information content (AvgIpc) is 3.09. The van der Waals surface area contributed by atoms with Crippen LogP contribution in [0.5, 0.6) is 0 Å². The van der Waals surface area contributed by atoms with Crippen LogP contribution in [0.2, 0.25) is 0 Å². The molecule has 0 radical (unpaired) electrons. The van der Waals surface area contributed by atoms with Gasteiger partial charge in [0.2, 0.25) is 0 Å². The molecule has 4 fully saturated rings. The van der Waals surface area contributed by atoms with Gasteiger partial charge in [-0.3, -0.25) is 8.98 Å². The zero-order chi connectivity index (χ0) is 17.1. The van der Waals surface area contributed by atoms with Crippen LogP contribution in [0.1, 0.15) is 12.8 Å². The van der Waals surface area contributed by atoms with Crippen LogP contribution < -0.4 is 4.90 Å². The maximum atomic E-state index is 12.4. The van der Waals surface area contributed by atoms with E-state index in [9.17, 15) is 21.6 Å². The summed E-state index contributed by atoms with van der Waals surface area (Å²) in [6, 6.07) is 0. The topological polar surface area (TPSA) is 108 Å². The van der Waals surface area contributed by atoms with Crippen molar-refractivity contribution in [3.05, 3.63) is 0 Å². The summed E-state index contributed by atoms with van der Waals surface area (Å²) in [5.74, 6) is -0.721. The number of carbonyl (C=O) groups is 1. The smallest absolute Gasteiger partial charge is 0.310 e. The summed E-state index contributed by atoms with van der Waals surface area (Å²) in [6.45, 7) is 1.80. The van der Waals surface area contributed by atoms with Gasteiger partial charge in [-0.05, 0) is 18.8 Å². The van der Waals surface area contributed by atoms with Crippen molar-refractivity contribution in [2.24, 2.45) is 17.8 Å². The van der Waals surface area contributed by atoms with Crippen LogP contribution in [-0.2, 0) is 33.7 Å². The van der Waals surface area contributed by atoms with Gasteiger partial charge in [0.1, 0.15) is 18.4 Å². The molecule has 8 nitrogen and oxygen atoms in total. The van der Waals surface area contributed by atoms with Gasteiger partial charge < -0.3 is 9.64 Å². The van der Waals surface area contributed by atoms with E-state index in [1.807, 2.05) is 0 Å². The molecule has 2 bridgehead atoms. The van der Waals surface area contributed by atoms with E-state index in [2.05, 4.69) is 0 Å². The van der Waals surface area contributed by atoms with E-state index in [0.717, 1.165) is 11.3 Å². The number of quaternary nitrogens is 1. The van der Waals surface area contributed by atoms with Crippen molar-refractivity contribution in [3.8, 4) is 0 Å². The lowest BCUT2D eigenvalue weighted by Crippen LogP contribution is -3.14. The monoisotopic (exact) mass is 380 g/mol. The first-order valence-electron chi connectivity index (χ1n) is 8.39. The fourth-order valence-electron chi connectivity index (χ4n) is 4.78. The molecule has 2 saturated heterocycles. The van der Waals surface area contributed by atoms with Gasteiger partial charge in [0, 0.05) is 5.92 Å². The molecule has 2 heterocycles. The Morgan fingerprint density at radius 1 is 1.12 bits per heavy atom. The van der Waals surface area contributed by atoms with E-state index in [-0.39, 0.29) is 36.1 Å². The van der Waals surface area contributed by atoms with Gasteiger partial charge in [-0.2, -0.15) is 8.42 Å². The van der Waals surface area contributed by atoms with Gasteiger partial charge in [0.05, 0.1) is 36.6 Å². The first kappa shape index (κ1) is 16.7. The molecule has 0 spiro atoms. The van der Waals surface area contributed by atoms with E-state index in [0.29, 0.717) is 26.1 Å². The maximum Gasteiger partial charge on any atom is 0.310 e. The summed E-state index contributed by atoms with van der Waals surface area (Å²) >= 11 is 0. The molecular weight excluding hydrogens is 358 g/mol. The van der Waals surface area contributed by atoms with Crippen molar-refractivity contribution in [1.29, 1.82) is 0 Å². The number of hydrogen-bond donors (Lipinski definition) is 1. The highest BCUT2D eigenvalue weighted by Crippen LogP contribution is 2.57. The Balaban J connectivity index is 1.31. The predicted molar refractivity (Wildman–Crippen MR) is 82.5 cm³/mol. The second kappa shape index (κ2) is 5.65. The molecule has 0 aromatic heterocycles. The summed E-state index contributed by atoms with van der Waals surface area (Å²) in [6.07, 6.45) is 1.10. The van der Waals surface area contributed by atoms with Crippen LogP contribution >= 0.6 is 0 Å². The van der Waals surface area contributed by atoms with Crippen LogP contribution in [0.3, 0.4) is 0 Å². The fraction of sp³-hybridized carbons (Fsp3) is 0.929. The normalized spacial score (nSPS) is 42.2. The SMILES string of the molecule is O=C(OCC[NH+]1CCS(=O)(=O)CC1)C1C2CC3OS(=O)(=O)C1C3C2. The molecule has 2 aliphatic heterocycles. The van der Waals surface area contributed by atoms with Gasteiger partial charge in [-0.15, -0.1) is 0 Å². The number of sulfone groups is 1. The number of carbonyl (C=O) groups excluding carboxylic acids is 1. The van der Waals surface area contributed by atoms with Crippen LogP contribution in [0.15, 0.2) is 0 Å². The molecule has 5 atom stereocenters. The molecule has 24 heavy (non-hydrogen) atoms. The van der Waals surface area contributed by atoms with Gasteiger partial charge in [-0.1, -0.05) is 0 Å². The summed E-state index contributed by atoms with van der Waals surface area (Å²) < 4.78 is 57.4. The van der Waals surface area contributed by atoms with E-state index in [1.54, 1.807) is 0 Å². The standard InChI is InChI=1S/C14H21NO7S2/c16-14(21-4-1-15-2-5-23(17,18)6-3-15)12-9-7-10-11(8-9)22-24(19,20)13(10)12/h9-13H,1-8H2/p+1. The Kier molecular flexibility index (Phi) is 3.94. The van der Waals surface area contributed by atoms with Crippen molar-refractivity contribution >= 4 is 25.9 Å². The van der Waals surface area contributed by atoms with Gasteiger partial charge in [-0.25, -0.2) is 8.42 Å². The Hall–Kier alpha value is -0.710. The molecule has 4 rings (SSSR count). The second-order valence-corrected chi connectivity index (χ2v) is 11.4. The summed E-state index contributed by atoms with van der Waals surface area (Å²) in [5, 5.41) is -0.735. The highest BCUT2D eigenvalue weighted by molar-refractivity contribution is 7.91. The molecule has 2 aliphatic carbocycles. The summed E-state index contributed by atoms with van der Waals surface area (Å²) in [5.41, 5.74) is 0. The Morgan fingerprint density at radius 3 is 2.54 bits per heavy atom. The molecule has 2 saturated carbocycles. The fourth-order valence-corrected chi connectivity index (χ4v) is 8.29. The van der Waals surface area contributed by atoms with Crippen LogP contribution in [-0.4, -0.2) is 71.9 Å². The number of ether oxygens (including phenoxy) is 1. The molecular formula is C14H22NO7S2+. The first-order valence-corrected chi connectivity index (χ1v) is 11.7. The van der Waals surface area contributed by atoms with E-state index < -0.39 is 37.1 Å². The molecule has 1 N–H and O–H groups in total. The number of esters is 1. The highest BCUT2D eigenvalue weighted by Gasteiger charge is 2.66. The lowest BCUT2D eigenvalue weighted by molar-refractivity contribution is -0.896. The average molecular weight is 380 g/mol. The lowest BCUT2D eigenvalue weighted by Gasteiger charge is -2.25. The molecule has 136 valence electrons. The first-order chi connectivity index (χ1) is 11.3. The van der Waals surface area contributed by atoms with Gasteiger partial charge in [0.15, 0.2) is 9.84 Å². The largest absolute Gasteiger partial charge is 0.459 e. The molecule has 0 amide bonds. The minimum absolute atomic E-state index is 0.0438. The van der Waals surface area contributed by atoms with E-state index in [1.165, 1.54) is 0 Å². The zero-order valence-corrected chi connectivity index (χ0v) is 14.9. The van der Waals surface area contributed by atoms with Crippen molar-refractivity contribution in [2.75, 3.05) is 37.7 Å². The predicted octanol–water partition coefficient (Wildman–Crippen LogP) is -2.40. The number of rotatable bonds is 4. The Bertz CT molecular complexity index is 731. The van der Waals surface area contributed by atoms with Crippen molar-refractivity contribution in [1.82, 2.24) is 0 Å². The number of fused-ring (bicyclic) bond motifs is 1. The number of hydrogen-bond acceptors (Lipinski definition) is 7. The molecule has 5 unspecified atom stereocenters. The van der Waals surface area contributed by atoms with Crippen LogP contribution in [0, 0.1) is 17.8 Å². The van der Waals surface area contributed by atoms with Crippen LogP contribution in [0.25, 0.3) is 0 Å². The third kappa shape index (κ3) is 2.77. The van der Waals surface area contributed by atoms with Gasteiger partial charge >= 0.3 is 5.97 Å². The van der Waals surface area contributed by atoms with Crippen molar-refractivity contribution < 1.29 is 35.4 Å². The van der Waals surface area contributed by atoms with E-state index in [4.69, 9.17) is 8.92 Å². The minimum atomic E-state index is -3.66. The van der Waals surface area contributed by atoms with Crippen molar-refractivity contribution in [2.45, 2.75) is 24.2 Å². The molecule has 0 aromatic rings. The minimum Gasteiger partial charge on any atom is -0.459 e. The molecule has 4 aliphatic rings. The van der Waals surface area contributed by atoms with E-state index >= 15 is 0 Å². The zero-order valence-electron chi connectivity index (χ0n) is 13.2.